The first kappa shape index (κ1) is 15.5. The Labute approximate surface area is 114 Å². The highest BCUT2D eigenvalue weighted by molar-refractivity contribution is 9.10. The molecule has 1 amide bonds. The lowest BCUT2D eigenvalue weighted by Crippen LogP contribution is -2.47. The van der Waals surface area contributed by atoms with Gasteiger partial charge in [-0.25, -0.2) is 4.79 Å². The third-order valence-electron chi connectivity index (χ3n) is 2.24. The van der Waals surface area contributed by atoms with Gasteiger partial charge in [0.25, 0.3) is 0 Å². The van der Waals surface area contributed by atoms with Gasteiger partial charge >= 0.3 is 18.1 Å². The minimum absolute atomic E-state index is 0.251. The lowest BCUT2D eigenvalue weighted by atomic mass is 10.1. The number of halogens is 4. The fraction of sp³-hybridized carbons (Fsp3) is 0.273. The van der Waals surface area contributed by atoms with Crippen molar-refractivity contribution in [3.8, 4) is 0 Å². The number of carbonyl (C=O) groups is 2. The molecule has 1 aromatic carbocycles. The van der Waals surface area contributed by atoms with E-state index in [-0.39, 0.29) is 6.42 Å². The molecule has 8 heteroatoms. The van der Waals surface area contributed by atoms with Gasteiger partial charge in [0.1, 0.15) is 6.04 Å². The monoisotopic (exact) mass is 339 g/mol. The predicted molar refractivity (Wildman–Crippen MR) is 63.5 cm³/mol. The minimum atomic E-state index is -5.11. The second-order valence-corrected chi connectivity index (χ2v) is 4.51. The Morgan fingerprint density at radius 3 is 2.37 bits per heavy atom. The van der Waals surface area contributed by atoms with Crippen molar-refractivity contribution in [2.45, 2.75) is 18.6 Å². The van der Waals surface area contributed by atoms with E-state index in [4.69, 9.17) is 5.11 Å². The zero-order valence-electron chi connectivity index (χ0n) is 9.37. The van der Waals surface area contributed by atoms with Gasteiger partial charge in [-0.15, -0.1) is 0 Å². The molecule has 2 N–H and O–H groups in total. The molecule has 0 heterocycles. The van der Waals surface area contributed by atoms with Gasteiger partial charge in [0.15, 0.2) is 0 Å². The van der Waals surface area contributed by atoms with Crippen molar-refractivity contribution in [3.63, 3.8) is 0 Å². The Bertz CT molecular complexity index is 490. The Kier molecular flexibility index (Phi) is 4.93. The number of carboxylic acid groups (broad SMARTS) is 1. The van der Waals surface area contributed by atoms with Gasteiger partial charge in [0, 0.05) is 10.9 Å². The largest absolute Gasteiger partial charge is 0.480 e. The smallest absolute Gasteiger partial charge is 0.471 e. The van der Waals surface area contributed by atoms with Crippen LogP contribution in [-0.4, -0.2) is 29.2 Å². The van der Waals surface area contributed by atoms with E-state index in [1.807, 2.05) is 0 Å². The summed E-state index contributed by atoms with van der Waals surface area (Å²) in [7, 11) is 0. The molecular weight excluding hydrogens is 331 g/mol. The summed E-state index contributed by atoms with van der Waals surface area (Å²) in [6, 6.07) is 4.83. The molecule has 104 valence electrons. The molecule has 1 aromatic rings. The van der Waals surface area contributed by atoms with Crippen molar-refractivity contribution in [1.29, 1.82) is 0 Å². The van der Waals surface area contributed by atoms with Crippen molar-refractivity contribution < 1.29 is 27.9 Å². The number of carbonyl (C=O) groups excluding carboxylic acids is 1. The maximum atomic E-state index is 12.1. The lowest BCUT2D eigenvalue weighted by Gasteiger charge is -2.16. The average Bonchev–Trinajstić information content (AvgIpc) is 2.29. The molecular formula is C11H9BrF3NO3. The summed E-state index contributed by atoms with van der Waals surface area (Å²) in [4.78, 5) is 21.6. The predicted octanol–water partition coefficient (Wildman–Crippen LogP) is 2.12. The summed E-state index contributed by atoms with van der Waals surface area (Å²) in [5, 5.41) is 10.3. The maximum absolute atomic E-state index is 12.1. The van der Waals surface area contributed by atoms with Crippen LogP contribution in [0.5, 0.6) is 0 Å². The Morgan fingerprint density at radius 2 is 1.89 bits per heavy atom. The normalized spacial score (nSPS) is 12.8. The van der Waals surface area contributed by atoms with E-state index >= 15 is 0 Å². The molecule has 0 unspecified atom stereocenters. The van der Waals surface area contributed by atoms with Gasteiger partial charge in [-0.1, -0.05) is 34.1 Å². The molecule has 0 aliphatic rings. The molecule has 0 aliphatic heterocycles. The number of aliphatic carboxylic acids is 1. The number of hydrogen-bond acceptors (Lipinski definition) is 2. The van der Waals surface area contributed by atoms with Gasteiger partial charge in [-0.3, -0.25) is 4.79 Å². The van der Waals surface area contributed by atoms with Crippen LogP contribution in [0.3, 0.4) is 0 Å². The van der Waals surface area contributed by atoms with Crippen molar-refractivity contribution in [2.75, 3.05) is 0 Å². The summed E-state index contributed by atoms with van der Waals surface area (Å²) in [5.74, 6) is -3.81. The Hall–Kier alpha value is -1.57. The van der Waals surface area contributed by atoms with Crippen LogP contribution in [0.1, 0.15) is 5.56 Å². The molecule has 0 radical (unpaired) electrons. The third kappa shape index (κ3) is 4.55. The molecule has 1 atom stereocenters. The summed E-state index contributed by atoms with van der Waals surface area (Å²) < 4.78 is 36.8. The van der Waals surface area contributed by atoms with E-state index in [9.17, 15) is 22.8 Å². The molecule has 19 heavy (non-hydrogen) atoms. The van der Waals surface area contributed by atoms with Gasteiger partial charge in [0.05, 0.1) is 0 Å². The van der Waals surface area contributed by atoms with Gasteiger partial charge < -0.3 is 10.4 Å². The first-order chi connectivity index (χ1) is 8.71. The van der Waals surface area contributed by atoms with E-state index in [1.54, 1.807) is 24.3 Å². The van der Waals surface area contributed by atoms with Crippen LogP contribution in [0, 0.1) is 0 Å². The molecule has 0 saturated carbocycles. The topological polar surface area (TPSA) is 66.4 Å². The highest BCUT2D eigenvalue weighted by Crippen LogP contribution is 2.19. The SMILES string of the molecule is O=C(O)[C@@H](Cc1ccccc1Br)NC(=O)C(F)(F)F. The molecule has 4 nitrogen and oxygen atoms in total. The molecule has 1 rings (SSSR count). The van der Waals surface area contributed by atoms with E-state index in [2.05, 4.69) is 15.9 Å². The van der Waals surface area contributed by atoms with Crippen LogP contribution in [-0.2, 0) is 16.0 Å². The first-order valence-electron chi connectivity index (χ1n) is 5.05. The van der Waals surface area contributed by atoms with Gasteiger partial charge in [-0.05, 0) is 11.6 Å². The van der Waals surface area contributed by atoms with Crippen molar-refractivity contribution in [2.24, 2.45) is 0 Å². The van der Waals surface area contributed by atoms with E-state index < -0.39 is 24.1 Å². The quantitative estimate of drug-likeness (QED) is 0.883. The fourth-order valence-corrected chi connectivity index (χ4v) is 1.77. The van der Waals surface area contributed by atoms with Gasteiger partial charge in [0.2, 0.25) is 0 Å². The zero-order chi connectivity index (χ0) is 14.6. The van der Waals surface area contributed by atoms with Crippen LogP contribution in [0.4, 0.5) is 13.2 Å². The highest BCUT2D eigenvalue weighted by Gasteiger charge is 2.40. The van der Waals surface area contributed by atoms with Crippen molar-refractivity contribution in [1.82, 2.24) is 5.32 Å². The summed E-state index contributed by atoms with van der Waals surface area (Å²) in [5.41, 5.74) is 0.484. The van der Waals surface area contributed by atoms with E-state index in [1.165, 1.54) is 5.32 Å². The maximum Gasteiger partial charge on any atom is 0.471 e. The molecule has 0 aliphatic carbocycles. The summed E-state index contributed by atoms with van der Waals surface area (Å²) in [6.45, 7) is 0. The Morgan fingerprint density at radius 1 is 1.32 bits per heavy atom. The van der Waals surface area contributed by atoms with E-state index in [0.717, 1.165) is 0 Å². The van der Waals surface area contributed by atoms with Crippen LogP contribution in [0.15, 0.2) is 28.7 Å². The highest BCUT2D eigenvalue weighted by atomic mass is 79.9. The molecule has 0 fully saturated rings. The Balaban J connectivity index is 2.83. The minimum Gasteiger partial charge on any atom is -0.480 e. The third-order valence-corrected chi connectivity index (χ3v) is 3.02. The molecule has 0 aromatic heterocycles. The average molecular weight is 340 g/mol. The zero-order valence-corrected chi connectivity index (χ0v) is 11.0. The van der Waals surface area contributed by atoms with Crippen LogP contribution < -0.4 is 5.32 Å². The lowest BCUT2D eigenvalue weighted by molar-refractivity contribution is -0.175. The number of alkyl halides is 3. The number of hydrogen-bond donors (Lipinski definition) is 2. The first-order valence-corrected chi connectivity index (χ1v) is 5.85. The number of amides is 1. The molecule has 0 spiro atoms. The van der Waals surface area contributed by atoms with Crippen molar-refractivity contribution >= 4 is 27.8 Å². The van der Waals surface area contributed by atoms with Crippen LogP contribution in [0.2, 0.25) is 0 Å². The number of benzene rings is 1. The second-order valence-electron chi connectivity index (χ2n) is 3.66. The van der Waals surface area contributed by atoms with Crippen LogP contribution >= 0.6 is 15.9 Å². The van der Waals surface area contributed by atoms with Crippen molar-refractivity contribution in [3.05, 3.63) is 34.3 Å². The standard InChI is InChI=1S/C11H9BrF3NO3/c12-7-4-2-1-3-6(7)5-8(9(17)18)16-10(19)11(13,14)15/h1-4,8H,5H2,(H,16,19)(H,17,18)/t8-/m1/s1. The van der Waals surface area contributed by atoms with Gasteiger partial charge in [-0.2, -0.15) is 13.2 Å². The molecule has 0 saturated heterocycles. The molecule has 0 bridgehead atoms. The number of carboxylic acids is 1. The van der Waals surface area contributed by atoms with Crippen LogP contribution in [0.25, 0.3) is 0 Å². The fourth-order valence-electron chi connectivity index (χ4n) is 1.32. The second kappa shape index (κ2) is 6.05. The summed E-state index contributed by atoms with van der Waals surface area (Å²) in [6.07, 6.45) is -5.36. The number of nitrogens with one attached hydrogen (secondary N) is 1. The number of rotatable bonds is 4. The summed E-state index contributed by atoms with van der Waals surface area (Å²) >= 11 is 3.15. The van der Waals surface area contributed by atoms with E-state index in [0.29, 0.717) is 10.0 Å².